The lowest BCUT2D eigenvalue weighted by atomic mass is 9.83. The minimum atomic E-state index is 0.0104. The van der Waals surface area contributed by atoms with Gasteiger partial charge in [-0.15, -0.1) is 0 Å². The highest BCUT2D eigenvalue weighted by molar-refractivity contribution is 5.94. The Balaban J connectivity index is 1.44. The molecule has 2 aromatic rings. The third-order valence-electron chi connectivity index (χ3n) is 4.06. The molecule has 0 N–H and O–H groups in total. The number of rotatable bonds is 8. The molecule has 0 spiro atoms. The lowest BCUT2D eigenvalue weighted by Crippen LogP contribution is -2.39. The topological polar surface area (TPSA) is 61.6 Å². The van der Waals surface area contributed by atoms with Gasteiger partial charge in [0.05, 0.1) is 19.8 Å². The van der Waals surface area contributed by atoms with Gasteiger partial charge in [-0.3, -0.25) is 4.79 Å². The number of hydrogen-bond donors (Lipinski definition) is 0. The molecule has 122 valence electrons. The van der Waals surface area contributed by atoms with Gasteiger partial charge in [0.25, 0.3) is 0 Å². The van der Waals surface area contributed by atoms with Gasteiger partial charge in [0.1, 0.15) is 12.3 Å². The van der Waals surface area contributed by atoms with E-state index in [0.29, 0.717) is 31.1 Å². The molecule has 2 heterocycles. The summed E-state index contributed by atoms with van der Waals surface area (Å²) >= 11 is 0. The van der Waals surface area contributed by atoms with E-state index in [9.17, 15) is 4.79 Å². The first kappa shape index (κ1) is 15.9. The summed E-state index contributed by atoms with van der Waals surface area (Å²) in [5, 5.41) is 3.85. The number of benzene rings is 1. The summed E-state index contributed by atoms with van der Waals surface area (Å²) in [7, 11) is 0. The average molecular weight is 315 g/mol. The van der Waals surface area contributed by atoms with E-state index in [1.807, 2.05) is 30.3 Å². The van der Waals surface area contributed by atoms with Crippen LogP contribution in [-0.2, 0) is 22.7 Å². The minimum Gasteiger partial charge on any atom is -0.380 e. The van der Waals surface area contributed by atoms with E-state index in [1.54, 1.807) is 6.07 Å². The van der Waals surface area contributed by atoms with Crippen LogP contribution in [0.25, 0.3) is 0 Å². The molecule has 1 saturated heterocycles. The Kier molecular flexibility index (Phi) is 4.88. The fourth-order valence-corrected chi connectivity index (χ4v) is 2.49. The van der Waals surface area contributed by atoms with Crippen molar-refractivity contribution in [1.29, 1.82) is 0 Å². The van der Waals surface area contributed by atoms with E-state index in [2.05, 4.69) is 12.1 Å². The highest BCUT2D eigenvalue weighted by Gasteiger charge is 2.33. The monoisotopic (exact) mass is 315 g/mol. The van der Waals surface area contributed by atoms with Gasteiger partial charge in [0.15, 0.2) is 11.5 Å². The first-order chi connectivity index (χ1) is 11.1. The predicted molar refractivity (Wildman–Crippen MR) is 83.9 cm³/mol. The Morgan fingerprint density at radius 3 is 2.74 bits per heavy atom. The first-order valence-corrected chi connectivity index (χ1v) is 7.83. The Morgan fingerprint density at radius 2 is 2.04 bits per heavy atom. The third kappa shape index (κ3) is 4.27. The van der Waals surface area contributed by atoms with Crippen molar-refractivity contribution in [3.63, 3.8) is 0 Å². The summed E-state index contributed by atoms with van der Waals surface area (Å²) in [6.07, 6.45) is 1.29. The highest BCUT2D eigenvalue weighted by Crippen LogP contribution is 2.32. The van der Waals surface area contributed by atoms with Gasteiger partial charge in [-0.2, -0.15) is 0 Å². The van der Waals surface area contributed by atoms with Crippen LogP contribution < -0.4 is 0 Å². The van der Waals surface area contributed by atoms with Crippen LogP contribution in [-0.4, -0.2) is 24.2 Å². The third-order valence-corrected chi connectivity index (χ3v) is 4.06. The molecule has 5 nitrogen and oxygen atoms in total. The van der Waals surface area contributed by atoms with E-state index in [0.717, 1.165) is 25.2 Å². The maximum Gasteiger partial charge on any atom is 0.184 e. The van der Waals surface area contributed by atoms with E-state index in [1.165, 1.54) is 0 Å². The van der Waals surface area contributed by atoms with Crippen LogP contribution in [0.15, 0.2) is 40.9 Å². The molecule has 0 saturated carbocycles. The van der Waals surface area contributed by atoms with E-state index >= 15 is 0 Å². The second kappa shape index (κ2) is 7.06. The van der Waals surface area contributed by atoms with Crippen LogP contribution in [0.4, 0.5) is 0 Å². The summed E-state index contributed by atoms with van der Waals surface area (Å²) in [5.41, 5.74) is 1.62. The average Bonchev–Trinajstić information content (AvgIpc) is 3.01. The normalized spacial score (nSPS) is 16.0. The molecule has 0 atom stereocenters. The number of hydrogen-bond acceptors (Lipinski definition) is 5. The molecule has 23 heavy (non-hydrogen) atoms. The summed E-state index contributed by atoms with van der Waals surface area (Å²) in [6, 6.07) is 11.6. The molecule has 0 unspecified atom stereocenters. The summed E-state index contributed by atoms with van der Waals surface area (Å²) < 4.78 is 16.0. The molecule has 5 heteroatoms. The first-order valence-electron chi connectivity index (χ1n) is 7.83. The smallest absolute Gasteiger partial charge is 0.184 e. The van der Waals surface area contributed by atoms with Crippen molar-refractivity contribution in [2.45, 2.75) is 33.0 Å². The van der Waals surface area contributed by atoms with Crippen molar-refractivity contribution in [1.82, 2.24) is 5.16 Å². The number of ketones is 1. The zero-order valence-corrected chi connectivity index (χ0v) is 13.3. The molecule has 1 aliphatic rings. The zero-order valence-electron chi connectivity index (χ0n) is 13.3. The van der Waals surface area contributed by atoms with Crippen LogP contribution in [0, 0.1) is 5.41 Å². The van der Waals surface area contributed by atoms with Crippen molar-refractivity contribution in [3.8, 4) is 0 Å². The largest absolute Gasteiger partial charge is 0.380 e. The fraction of sp³-hybridized carbons (Fsp3) is 0.444. The molecular formula is C18H21NO4. The molecule has 1 aliphatic heterocycles. The number of carbonyl (C=O) groups excluding carboxylic acids is 1. The Hall–Kier alpha value is -1.98. The molecule has 0 radical (unpaired) electrons. The highest BCUT2D eigenvalue weighted by atomic mass is 16.5. The number of ether oxygens (including phenoxy) is 2. The van der Waals surface area contributed by atoms with Crippen molar-refractivity contribution >= 4 is 5.78 Å². The van der Waals surface area contributed by atoms with Crippen molar-refractivity contribution in [3.05, 3.63) is 53.4 Å². The van der Waals surface area contributed by atoms with Gasteiger partial charge in [0, 0.05) is 17.9 Å². The lowest BCUT2D eigenvalue weighted by Gasteiger charge is -2.37. The van der Waals surface area contributed by atoms with Crippen LogP contribution in [0.3, 0.4) is 0 Å². The number of carbonyl (C=O) groups is 1. The lowest BCUT2D eigenvalue weighted by molar-refractivity contribution is -0.105. The predicted octanol–water partition coefficient (Wildman–Crippen LogP) is 3.39. The molecule has 1 fully saturated rings. The van der Waals surface area contributed by atoms with Crippen LogP contribution in [0.2, 0.25) is 0 Å². The summed E-state index contributed by atoms with van der Waals surface area (Å²) in [5.74, 6) is 0.582. The van der Waals surface area contributed by atoms with Gasteiger partial charge >= 0.3 is 0 Å². The standard InChI is InChI=1S/C18H21NO4/c1-18(12-22-13-18)8-7-17(20)16-9-15(23-19-16)11-21-10-14-5-3-2-4-6-14/h2-6,9H,7-8,10-13H2,1H3. The van der Waals surface area contributed by atoms with E-state index < -0.39 is 0 Å². The second-order valence-corrected chi connectivity index (χ2v) is 6.38. The number of Topliss-reactive ketones (excluding diaryl/α,β-unsaturated/α-hetero) is 1. The molecule has 0 aliphatic carbocycles. The SMILES string of the molecule is CC1(CCC(=O)c2cc(COCc3ccccc3)on2)COC1. The van der Waals surface area contributed by atoms with Crippen molar-refractivity contribution in [2.24, 2.45) is 5.41 Å². The summed E-state index contributed by atoms with van der Waals surface area (Å²) in [6.45, 7) is 4.41. The van der Waals surface area contributed by atoms with E-state index in [-0.39, 0.29) is 11.2 Å². The van der Waals surface area contributed by atoms with Gasteiger partial charge in [-0.1, -0.05) is 42.4 Å². The maximum absolute atomic E-state index is 12.1. The molecule has 3 rings (SSSR count). The van der Waals surface area contributed by atoms with Crippen LogP contribution in [0.1, 0.15) is 41.6 Å². The minimum absolute atomic E-state index is 0.0104. The van der Waals surface area contributed by atoms with Crippen LogP contribution in [0.5, 0.6) is 0 Å². The van der Waals surface area contributed by atoms with Gasteiger partial charge in [-0.05, 0) is 12.0 Å². The molecule has 0 bridgehead atoms. The molecule has 0 amide bonds. The van der Waals surface area contributed by atoms with E-state index in [4.69, 9.17) is 14.0 Å². The van der Waals surface area contributed by atoms with Gasteiger partial charge in [-0.25, -0.2) is 0 Å². The van der Waals surface area contributed by atoms with Crippen molar-refractivity contribution in [2.75, 3.05) is 13.2 Å². The summed E-state index contributed by atoms with van der Waals surface area (Å²) in [4.78, 5) is 12.1. The molecular weight excluding hydrogens is 294 g/mol. The second-order valence-electron chi connectivity index (χ2n) is 6.38. The number of aromatic nitrogens is 1. The Labute approximate surface area is 135 Å². The van der Waals surface area contributed by atoms with Crippen LogP contribution >= 0.6 is 0 Å². The van der Waals surface area contributed by atoms with Gasteiger partial charge < -0.3 is 14.0 Å². The Bertz CT molecular complexity index is 646. The maximum atomic E-state index is 12.1. The Morgan fingerprint density at radius 1 is 1.26 bits per heavy atom. The molecule has 1 aromatic carbocycles. The molecule has 1 aromatic heterocycles. The van der Waals surface area contributed by atoms with Crippen molar-refractivity contribution < 1.29 is 18.8 Å². The van der Waals surface area contributed by atoms with Gasteiger partial charge in [0.2, 0.25) is 0 Å². The fourth-order valence-electron chi connectivity index (χ4n) is 2.49. The quantitative estimate of drug-likeness (QED) is 0.699. The number of nitrogens with zero attached hydrogens (tertiary/aromatic N) is 1. The zero-order chi connectivity index (χ0) is 16.1.